The average Bonchev–Trinajstić information content (AvgIpc) is 2.35. The average molecular weight is 301 g/mol. The highest BCUT2D eigenvalue weighted by Gasteiger charge is 2.24. The summed E-state index contributed by atoms with van der Waals surface area (Å²) in [5.74, 6) is 1.51. The third-order valence-corrected chi connectivity index (χ3v) is 4.39. The van der Waals surface area contributed by atoms with Crippen molar-refractivity contribution in [2.45, 2.75) is 44.9 Å². The minimum absolute atomic E-state index is 0.114. The van der Waals surface area contributed by atoms with Crippen molar-refractivity contribution in [1.82, 2.24) is 9.97 Å². The number of aromatic hydroxyl groups is 1. The number of hydrogen-bond donors (Lipinski definition) is 2. The normalized spacial score (nSPS) is 24.8. The quantitative estimate of drug-likeness (QED) is 0.882. The number of hydrogen-bond acceptors (Lipinski definition) is 3. The molecule has 17 heavy (non-hydrogen) atoms. The first kappa shape index (κ1) is 12.6. The Morgan fingerprint density at radius 1 is 1.41 bits per heavy atom. The molecule has 0 aromatic carbocycles. The molecule has 0 atom stereocenters. The molecule has 0 amide bonds. The maximum absolute atomic E-state index is 11.5. The molecule has 1 aliphatic rings. The highest BCUT2D eigenvalue weighted by atomic mass is 79.9. The number of aromatic amines is 1. The minimum atomic E-state index is -0.301. The van der Waals surface area contributed by atoms with Crippen molar-refractivity contribution < 1.29 is 5.11 Å². The van der Waals surface area contributed by atoms with Crippen molar-refractivity contribution in [1.29, 1.82) is 0 Å². The lowest BCUT2D eigenvalue weighted by Gasteiger charge is -2.26. The summed E-state index contributed by atoms with van der Waals surface area (Å²) < 4.78 is 0.114. The molecule has 4 nitrogen and oxygen atoms in total. The van der Waals surface area contributed by atoms with Crippen molar-refractivity contribution in [3.8, 4) is 5.88 Å². The first-order chi connectivity index (χ1) is 8.11. The summed E-state index contributed by atoms with van der Waals surface area (Å²) in [4.78, 5) is 18.3. The Hall–Kier alpha value is -0.840. The van der Waals surface area contributed by atoms with Crippen molar-refractivity contribution in [2.75, 3.05) is 0 Å². The molecule has 0 spiro atoms. The zero-order valence-electron chi connectivity index (χ0n) is 9.87. The molecule has 1 fully saturated rings. The summed E-state index contributed by atoms with van der Waals surface area (Å²) >= 11 is 3.00. The Kier molecular flexibility index (Phi) is 3.86. The van der Waals surface area contributed by atoms with Crippen LogP contribution in [-0.2, 0) is 0 Å². The van der Waals surface area contributed by atoms with E-state index in [1.165, 1.54) is 19.3 Å². The Labute approximate surface area is 109 Å². The molecule has 5 heteroatoms. The lowest BCUT2D eigenvalue weighted by Crippen LogP contribution is -2.19. The molecule has 0 saturated heterocycles. The molecule has 2 N–H and O–H groups in total. The number of nitrogens with zero attached hydrogens (tertiary/aromatic N) is 1. The molecule has 1 aromatic heterocycles. The largest absolute Gasteiger partial charge is 0.492 e. The van der Waals surface area contributed by atoms with Crippen LogP contribution < -0.4 is 5.56 Å². The van der Waals surface area contributed by atoms with E-state index < -0.39 is 0 Å². The molecular weight excluding hydrogens is 284 g/mol. The number of nitrogens with one attached hydrogen (secondary N) is 1. The first-order valence-corrected chi connectivity index (χ1v) is 6.89. The van der Waals surface area contributed by atoms with Gasteiger partial charge in [0.2, 0.25) is 5.88 Å². The molecule has 0 unspecified atom stereocenters. The number of aromatic nitrogens is 2. The van der Waals surface area contributed by atoms with Crippen LogP contribution in [0.4, 0.5) is 0 Å². The Bertz CT molecular complexity index is 450. The van der Waals surface area contributed by atoms with E-state index in [2.05, 4.69) is 32.8 Å². The molecule has 2 rings (SSSR count). The summed E-state index contributed by atoms with van der Waals surface area (Å²) in [7, 11) is 0. The zero-order valence-corrected chi connectivity index (χ0v) is 11.5. The first-order valence-electron chi connectivity index (χ1n) is 6.10. The summed E-state index contributed by atoms with van der Waals surface area (Å²) in [5, 5.41) is 9.53. The number of rotatable bonds is 2. The van der Waals surface area contributed by atoms with E-state index in [1.54, 1.807) is 0 Å². The van der Waals surface area contributed by atoms with Gasteiger partial charge in [0.05, 0.1) is 0 Å². The highest BCUT2D eigenvalue weighted by molar-refractivity contribution is 9.10. The van der Waals surface area contributed by atoms with Gasteiger partial charge in [-0.1, -0.05) is 13.3 Å². The smallest absolute Gasteiger partial charge is 0.269 e. The lowest BCUT2D eigenvalue weighted by atomic mass is 9.80. The van der Waals surface area contributed by atoms with E-state index in [9.17, 15) is 9.90 Å². The van der Waals surface area contributed by atoms with Gasteiger partial charge in [0.15, 0.2) is 0 Å². The molecule has 1 saturated carbocycles. The molecule has 1 aromatic rings. The Morgan fingerprint density at radius 3 is 2.59 bits per heavy atom. The standard InChI is InChI=1S/C12H17BrN2O2/c1-2-7-3-5-8(6-4-7)10-14-11(16)9(13)12(17)15-10/h7-8H,2-6H2,1H3,(H2,14,15,16,17). The number of H-pyrrole nitrogens is 1. The van der Waals surface area contributed by atoms with Gasteiger partial charge in [-0.2, -0.15) is 4.98 Å². The predicted molar refractivity (Wildman–Crippen MR) is 69.2 cm³/mol. The third-order valence-electron chi connectivity index (χ3n) is 3.67. The van der Waals surface area contributed by atoms with Crippen LogP contribution in [-0.4, -0.2) is 15.1 Å². The van der Waals surface area contributed by atoms with Crippen LogP contribution in [0.3, 0.4) is 0 Å². The van der Waals surface area contributed by atoms with Gasteiger partial charge in [-0.15, -0.1) is 0 Å². The fraction of sp³-hybridized carbons (Fsp3) is 0.667. The number of halogens is 1. The van der Waals surface area contributed by atoms with Crippen LogP contribution in [0.1, 0.15) is 50.8 Å². The second kappa shape index (κ2) is 5.21. The molecule has 1 aliphatic carbocycles. The zero-order chi connectivity index (χ0) is 12.4. The van der Waals surface area contributed by atoms with Crippen LogP contribution in [0.2, 0.25) is 0 Å². The summed E-state index contributed by atoms with van der Waals surface area (Å²) in [6.07, 6.45) is 5.68. The molecular formula is C12H17BrN2O2. The Morgan fingerprint density at radius 2 is 2.06 bits per heavy atom. The van der Waals surface area contributed by atoms with Crippen molar-refractivity contribution in [3.63, 3.8) is 0 Å². The van der Waals surface area contributed by atoms with E-state index in [-0.39, 0.29) is 21.8 Å². The van der Waals surface area contributed by atoms with Crippen molar-refractivity contribution in [2.24, 2.45) is 5.92 Å². The summed E-state index contributed by atoms with van der Waals surface area (Å²) in [6.45, 7) is 2.22. The van der Waals surface area contributed by atoms with Crippen LogP contribution >= 0.6 is 15.9 Å². The van der Waals surface area contributed by atoms with Gasteiger partial charge in [-0.05, 0) is 47.5 Å². The predicted octanol–water partition coefficient (Wildman–Crippen LogP) is 2.92. The van der Waals surface area contributed by atoms with Crippen LogP contribution in [0.15, 0.2) is 9.27 Å². The molecule has 0 radical (unpaired) electrons. The highest BCUT2D eigenvalue weighted by Crippen LogP contribution is 2.35. The maximum atomic E-state index is 11.5. The van der Waals surface area contributed by atoms with Crippen LogP contribution in [0.5, 0.6) is 5.88 Å². The van der Waals surface area contributed by atoms with Gasteiger partial charge >= 0.3 is 0 Å². The van der Waals surface area contributed by atoms with E-state index in [0.29, 0.717) is 5.82 Å². The van der Waals surface area contributed by atoms with E-state index >= 15 is 0 Å². The van der Waals surface area contributed by atoms with E-state index in [0.717, 1.165) is 18.8 Å². The SMILES string of the molecule is CCC1CCC(c2nc(O)c(Br)c(=O)[nH]2)CC1. The van der Waals surface area contributed by atoms with Gasteiger partial charge in [0.1, 0.15) is 10.3 Å². The minimum Gasteiger partial charge on any atom is -0.492 e. The van der Waals surface area contributed by atoms with E-state index in [1.807, 2.05) is 0 Å². The van der Waals surface area contributed by atoms with Gasteiger partial charge in [0, 0.05) is 5.92 Å². The second-order valence-electron chi connectivity index (χ2n) is 4.71. The van der Waals surface area contributed by atoms with Gasteiger partial charge in [0.25, 0.3) is 5.56 Å². The van der Waals surface area contributed by atoms with Crippen molar-refractivity contribution in [3.05, 3.63) is 20.7 Å². The molecule has 0 bridgehead atoms. The lowest BCUT2D eigenvalue weighted by molar-refractivity contribution is 0.309. The molecule has 94 valence electrons. The van der Waals surface area contributed by atoms with Gasteiger partial charge in [-0.3, -0.25) is 4.79 Å². The van der Waals surface area contributed by atoms with Gasteiger partial charge in [-0.25, -0.2) is 0 Å². The monoisotopic (exact) mass is 300 g/mol. The van der Waals surface area contributed by atoms with E-state index in [4.69, 9.17) is 0 Å². The van der Waals surface area contributed by atoms with Crippen LogP contribution in [0.25, 0.3) is 0 Å². The molecule has 1 heterocycles. The fourth-order valence-electron chi connectivity index (χ4n) is 2.50. The maximum Gasteiger partial charge on any atom is 0.269 e. The summed E-state index contributed by atoms with van der Waals surface area (Å²) in [5.41, 5.74) is -0.301. The molecule has 0 aliphatic heterocycles. The summed E-state index contributed by atoms with van der Waals surface area (Å²) in [6, 6.07) is 0. The Balaban J connectivity index is 2.16. The van der Waals surface area contributed by atoms with Crippen LogP contribution in [0, 0.1) is 5.92 Å². The third kappa shape index (κ3) is 2.70. The second-order valence-corrected chi connectivity index (χ2v) is 5.51. The van der Waals surface area contributed by atoms with Crippen molar-refractivity contribution >= 4 is 15.9 Å². The fourth-order valence-corrected chi connectivity index (χ4v) is 2.69. The van der Waals surface area contributed by atoms with Gasteiger partial charge < -0.3 is 10.1 Å². The topological polar surface area (TPSA) is 66.0 Å².